The van der Waals surface area contributed by atoms with Crippen molar-refractivity contribution in [2.75, 3.05) is 32.8 Å². The lowest BCUT2D eigenvalue weighted by molar-refractivity contribution is -0.0454. The SMILES string of the molecule is CCNC(c1cscc1Br)C1CN(CC)CCO1. The predicted octanol–water partition coefficient (Wildman–Crippen LogP) is 2.88. The van der Waals surface area contributed by atoms with E-state index in [0.29, 0.717) is 0 Å². The van der Waals surface area contributed by atoms with Gasteiger partial charge in [-0.1, -0.05) is 13.8 Å². The van der Waals surface area contributed by atoms with Crippen LogP contribution in [0.5, 0.6) is 0 Å². The third-order valence-corrected chi connectivity index (χ3v) is 5.15. The number of ether oxygens (including phenoxy) is 1. The molecule has 1 aliphatic heterocycles. The zero-order valence-corrected chi connectivity index (χ0v) is 13.4. The summed E-state index contributed by atoms with van der Waals surface area (Å²) in [5.74, 6) is 0. The van der Waals surface area contributed by atoms with Gasteiger partial charge in [0.2, 0.25) is 0 Å². The van der Waals surface area contributed by atoms with Crippen LogP contribution < -0.4 is 5.32 Å². The molecule has 2 rings (SSSR count). The molecule has 0 bridgehead atoms. The third-order valence-electron chi connectivity index (χ3n) is 3.40. The fraction of sp³-hybridized carbons (Fsp3) is 0.692. The largest absolute Gasteiger partial charge is 0.374 e. The molecule has 1 N–H and O–H groups in total. The van der Waals surface area contributed by atoms with Crippen LogP contribution >= 0.6 is 27.3 Å². The van der Waals surface area contributed by atoms with Gasteiger partial charge in [-0.3, -0.25) is 4.90 Å². The molecular weight excluding hydrogens is 312 g/mol. The fourth-order valence-electron chi connectivity index (χ4n) is 2.40. The Hall–Kier alpha value is 0.0600. The van der Waals surface area contributed by atoms with Gasteiger partial charge in [-0.2, -0.15) is 11.3 Å². The number of halogens is 1. The first-order chi connectivity index (χ1) is 8.76. The lowest BCUT2D eigenvalue weighted by atomic mass is 10.0. The van der Waals surface area contributed by atoms with E-state index >= 15 is 0 Å². The van der Waals surface area contributed by atoms with Gasteiger partial charge < -0.3 is 10.1 Å². The van der Waals surface area contributed by atoms with E-state index < -0.39 is 0 Å². The summed E-state index contributed by atoms with van der Waals surface area (Å²) in [6, 6.07) is 0.282. The number of hydrogen-bond donors (Lipinski definition) is 1. The van der Waals surface area contributed by atoms with Gasteiger partial charge in [-0.05, 0) is 40.0 Å². The molecule has 18 heavy (non-hydrogen) atoms. The van der Waals surface area contributed by atoms with Crippen molar-refractivity contribution in [2.45, 2.75) is 26.0 Å². The molecule has 0 amide bonds. The first kappa shape index (κ1) is 14.5. The second-order valence-electron chi connectivity index (χ2n) is 4.51. The van der Waals surface area contributed by atoms with Gasteiger partial charge in [-0.25, -0.2) is 0 Å². The summed E-state index contributed by atoms with van der Waals surface area (Å²) in [6.07, 6.45) is 0.240. The topological polar surface area (TPSA) is 24.5 Å². The van der Waals surface area contributed by atoms with E-state index in [1.54, 1.807) is 11.3 Å². The van der Waals surface area contributed by atoms with Gasteiger partial charge in [0, 0.05) is 22.9 Å². The number of nitrogens with one attached hydrogen (secondary N) is 1. The van der Waals surface area contributed by atoms with E-state index in [-0.39, 0.29) is 12.1 Å². The van der Waals surface area contributed by atoms with Crippen molar-refractivity contribution in [2.24, 2.45) is 0 Å². The summed E-state index contributed by atoms with van der Waals surface area (Å²) in [4.78, 5) is 2.46. The van der Waals surface area contributed by atoms with Crippen LogP contribution in [0, 0.1) is 0 Å². The highest BCUT2D eigenvalue weighted by Crippen LogP contribution is 2.31. The average molecular weight is 333 g/mol. The molecule has 1 fully saturated rings. The molecule has 1 aromatic heterocycles. The second kappa shape index (κ2) is 7.01. The van der Waals surface area contributed by atoms with Crippen LogP contribution in [0.4, 0.5) is 0 Å². The number of rotatable bonds is 5. The molecule has 2 unspecified atom stereocenters. The van der Waals surface area contributed by atoms with Crippen molar-refractivity contribution >= 4 is 27.3 Å². The van der Waals surface area contributed by atoms with Gasteiger partial charge in [0.25, 0.3) is 0 Å². The normalized spacial score (nSPS) is 23.2. The smallest absolute Gasteiger partial charge is 0.0897 e. The quantitative estimate of drug-likeness (QED) is 0.897. The van der Waals surface area contributed by atoms with Gasteiger partial charge in [-0.15, -0.1) is 0 Å². The molecular formula is C13H21BrN2OS. The minimum atomic E-state index is 0.240. The maximum Gasteiger partial charge on any atom is 0.0897 e. The first-order valence-corrected chi connectivity index (χ1v) is 8.28. The monoisotopic (exact) mass is 332 g/mol. The standard InChI is InChI=1S/C13H21BrN2OS/c1-3-15-13(10-8-18-9-11(10)14)12-7-16(4-2)5-6-17-12/h8-9,12-13,15H,3-7H2,1-2H3. The molecule has 2 atom stereocenters. The van der Waals surface area contributed by atoms with Crippen molar-refractivity contribution in [3.05, 3.63) is 20.8 Å². The Morgan fingerprint density at radius 3 is 3.00 bits per heavy atom. The Labute approximate surface area is 122 Å². The van der Waals surface area contributed by atoms with Gasteiger partial charge in [0.15, 0.2) is 0 Å². The Morgan fingerprint density at radius 1 is 1.56 bits per heavy atom. The highest BCUT2D eigenvalue weighted by Gasteiger charge is 2.29. The molecule has 2 heterocycles. The molecule has 5 heteroatoms. The van der Waals surface area contributed by atoms with Crippen molar-refractivity contribution < 1.29 is 4.74 Å². The summed E-state index contributed by atoms with van der Waals surface area (Å²) in [5.41, 5.74) is 1.32. The van der Waals surface area contributed by atoms with Crippen LogP contribution in [0.25, 0.3) is 0 Å². The van der Waals surface area contributed by atoms with Crippen molar-refractivity contribution in [1.82, 2.24) is 10.2 Å². The van der Waals surface area contributed by atoms with E-state index in [4.69, 9.17) is 4.74 Å². The summed E-state index contributed by atoms with van der Waals surface area (Å²) in [6.45, 7) is 9.32. The molecule has 0 aliphatic carbocycles. The highest BCUT2D eigenvalue weighted by atomic mass is 79.9. The fourth-order valence-corrected chi connectivity index (χ4v) is 3.98. The van der Waals surface area contributed by atoms with Crippen LogP contribution in [0.15, 0.2) is 15.2 Å². The Morgan fingerprint density at radius 2 is 2.39 bits per heavy atom. The van der Waals surface area contributed by atoms with E-state index in [2.05, 4.69) is 50.8 Å². The Balaban J connectivity index is 2.12. The first-order valence-electron chi connectivity index (χ1n) is 6.55. The molecule has 0 spiro atoms. The van der Waals surface area contributed by atoms with Gasteiger partial charge in [0.1, 0.15) is 0 Å². The third kappa shape index (κ3) is 3.33. The van der Waals surface area contributed by atoms with E-state index in [1.807, 2.05) is 0 Å². The van der Waals surface area contributed by atoms with Crippen molar-refractivity contribution in [1.29, 1.82) is 0 Å². The van der Waals surface area contributed by atoms with Crippen LogP contribution in [-0.4, -0.2) is 43.8 Å². The minimum absolute atomic E-state index is 0.240. The number of nitrogens with zero attached hydrogens (tertiary/aromatic N) is 1. The average Bonchev–Trinajstić information content (AvgIpc) is 2.82. The molecule has 102 valence electrons. The molecule has 1 saturated heterocycles. The number of likely N-dealkylation sites (N-methyl/N-ethyl adjacent to an activating group) is 2. The van der Waals surface area contributed by atoms with Crippen molar-refractivity contribution in [3.8, 4) is 0 Å². The molecule has 1 aromatic rings. The summed E-state index contributed by atoms with van der Waals surface area (Å²) < 4.78 is 7.17. The summed E-state index contributed by atoms with van der Waals surface area (Å²) in [7, 11) is 0. The zero-order chi connectivity index (χ0) is 13.0. The second-order valence-corrected chi connectivity index (χ2v) is 6.11. The maximum absolute atomic E-state index is 5.98. The molecule has 1 aliphatic rings. The van der Waals surface area contributed by atoms with Crippen molar-refractivity contribution in [3.63, 3.8) is 0 Å². The van der Waals surface area contributed by atoms with E-state index in [9.17, 15) is 0 Å². The highest BCUT2D eigenvalue weighted by molar-refractivity contribution is 9.10. The predicted molar refractivity (Wildman–Crippen MR) is 80.3 cm³/mol. The van der Waals surface area contributed by atoms with Crippen LogP contribution in [0.2, 0.25) is 0 Å². The summed E-state index contributed by atoms with van der Waals surface area (Å²) in [5, 5.41) is 7.92. The van der Waals surface area contributed by atoms with Gasteiger partial charge >= 0.3 is 0 Å². The lowest BCUT2D eigenvalue weighted by Gasteiger charge is -2.36. The molecule has 0 radical (unpaired) electrons. The number of hydrogen-bond acceptors (Lipinski definition) is 4. The van der Waals surface area contributed by atoms with E-state index in [0.717, 1.165) is 32.8 Å². The van der Waals surface area contributed by atoms with E-state index in [1.165, 1.54) is 10.0 Å². The van der Waals surface area contributed by atoms with Crippen LogP contribution in [0.1, 0.15) is 25.5 Å². The van der Waals surface area contributed by atoms with Crippen LogP contribution in [0.3, 0.4) is 0 Å². The lowest BCUT2D eigenvalue weighted by Crippen LogP contribution is -2.48. The maximum atomic E-state index is 5.98. The summed E-state index contributed by atoms with van der Waals surface area (Å²) >= 11 is 5.37. The van der Waals surface area contributed by atoms with Crippen LogP contribution in [-0.2, 0) is 4.74 Å². The Bertz CT molecular complexity index is 372. The zero-order valence-electron chi connectivity index (χ0n) is 11.0. The molecule has 0 aromatic carbocycles. The van der Waals surface area contributed by atoms with Gasteiger partial charge in [0.05, 0.1) is 18.8 Å². The molecule has 0 saturated carbocycles. The number of morpholine rings is 1. The minimum Gasteiger partial charge on any atom is -0.374 e. The molecule has 3 nitrogen and oxygen atoms in total. The Kier molecular flexibility index (Phi) is 5.63. The number of thiophene rings is 1.